The molecule has 5 aliphatic rings. The summed E-state index contributed by atoms with van der Waals surface area (Å²) < 4.78 is 0. The van der Waals surface area contributed by atoms with Crippen molar-refractivity contribution in [3.63, 3.8) is 0 Å². The van der Waals surface area contributed by atoms with Gasteiger partial charge in [-0.05, 0) is 40.5 Å². The van der Waals surface area contributed by atoms with E-state index >= 15 is 0 Å². The normalized spacial score (nSPS) is 22.3. The van der Waals surface area contributed by atoms with Gasteiger partial charge in [-0.2, -0.15) is 0 Å². The second-order valence-electron chi connectivity index (χ2n) is 36.0. The molecule has 2 nitrogen and oxygen atoms in total. The van der Waals surface area contributed by atoms with Crippen LogP contribution in [0, 0.1) is 0 Å². The average Bonchev–Trinajstić information content (AvgIpc) is 3.34. The van der Waals surface area contributed by atoms with Crippen molar-refractivity contribution in [1.82, 2.24) is 0 Å². The van der Waals surface area contributed by atoms with Crippen LogP contribution in [-0.2, 0) is 0 Å². The van der Waals surface area contributed by atoms with E-state index in [2.05, 4.69) is 197 Å². The first-order valence-electron chi connectivity index (χ1n) is 33.9. The van der Waals surface area contributed by atoms with E-state index < -0.39 is 91.1 Å². The zero-order valence-corrected chi connectivity index (χ0v) is 71.5. The number of hydrogen-bond donors (Lipinski definition) is 2. The summed E-state index contributed by atoms with van der Waals surface area (Å²) in [5.41, 5.74) is 5.45. The molecule has 0 aromatic heterocycles. The Morgan fingerprint density at radius 1 is 0.273 bits per heavy atom. The standard InChI is InChI=1S/C14H34Si3.2C11H26OSi2.C11H26Si2.C9H20Si.C7H20Si2/c1-8-15(2,3)17(6,7)16(4,5)14-12-10-9-11-13-14;1-13(2,3)14(4,5)11-8-6-10(12)7-9-11;1-13(2,10-12)14(3,4)11-8-6-5-7-9-11;1-12(2,3)13(4,5)11-9-7-6-8-10-11;1-10(2,3)9-7-5-4-6-8-9;1-7-9(5,6)8(2,3)4/h14H,8-13H2,1-7H3;10-12H,6-9H2,1-5H3;11-12H,5-10H2,1-4H3;11H,6-10H2,1-5H3;9H,4-8H2,1-3H3;7H2,1-6H3. The Balaban J connectivity index is 0.000000910. The lowest BCUT2D eigenvalue weighted by Crippen LogP contribution is -2.71. The van der Waals surface area contributed by atoms with Crippen LogP contribution in [0.3, 0.4) is 0 Å². The van der Waals surface area contributed by atoms with Crippen molar-refractivity contribution in [1.29, 1.82) is 0 Å². The van der Waals surface area contributed by atoms with Gasteiger partial charge >= 0.3 is 0 Å². The van der Waals surface area contributed by atoms with Crippen LogP contribution in [0.2, 0.25) is 223 Å². The smallest absolute Gasteiger partial charge is 0.0713 e. The van der Waals surface area contributed by atoms with Gasteiger partial charge in [-0.1, -0.05) is 351 Å². The Labute approximate surface area is 500 Å². The summed E-state index contributed by atoms with van der Waals surface area (Å²) in [6.07, 6.45) is 35.4. The predicted octanol–water partition coefficient (Wildman–Crippen LogP) is 23.6. The maximum Gasteiger partial charge on any atom is 0.0713 e. The zero-order valence-electron chi connectivity index (χ0n) is 59.5. The maximum atomic E-state index is 9.56. The third-order valence-electron chi connectivity index (χ3n) is 26.5. The minimum Gasteiger partial charge on any atom is -0.400 e. The molecular formula is C63H152O2Si12. The molecule has 0 aliphatic heterocycles. The summed E-state index contributed by atoms with van der Waals surface area (Å²) in [4.78, 5) is 0. The van der Waals surface area contributed by atoms with Gasteiger partial charge in [-0.3, -0.25) is 0 Å². The summed E-state index contributed by atoms with van der Waals surface area (Å²) >= 11 is 0. The fourth-order valence-corrected chi connectivity index (χ4v) is 80.3. The minimum atomic E-state index is -1.30. The van der Waals surface area contributed by atoms with Crippen LogP contribution in [-0.4, -0.2) is 114 Å². The van der Waals surface area contributed by atoms with Crippen LogP contribution in [0.25, 0.3) is 0 Å². The lowest BCUT2D eigenvalue weighted by atomic mass is 9.97. The third kappa shape index (κ3) is 24.3. The molecule has 0 amide bonds. The lowest BCUT2D eigenvalue weighted by Gasteiger charge is -2.53. The van der Waals surface area contributed by atoms with Crippen molar-refractivity contribution in [2.24, 2.45) is 0 Å². The Morgan fingerprint density at radius 3 is 0.753 bits per heavy atom. The SMILES string of the molecule is CC[Si](C)(C)[Si](C)(C)C.CC[Si](C)(C)[Si](C)(C)[Si](C)(C)C1CCCCC1.C[Si](C)(C)C1CCCCC1.C[Si](C)(C)[Si](C)(C)C1CCC(O)CC1.C[Si](C)(C)[Si](C)(C)C1CCCCC1.C[Si](C)(CO)[Si](C)(C)C1CCCCC1. The molecule has 5 rings (SSSR count). The zero-order chi connectivity index (χ0) is 60.6. The highest BCUT2D eigenvalue weighted by atomic mass is 29.6. The maximum absolute atomic E-state index is 9.56. The summed E-state index contributed by atoms with van der Waals surface area (Å²) in [7, 11) is -11.2. The first-order chi connectivity index (χ1) is 34.6. The molecule has 464 valence electrons. The molecule has 0 spiro atoms. The summed E-state index contributed by atoms with van der Waals surface area (Å²) in [6.45, 7) is 77.1. The van der Waals surface area contributed by atoms with E-state index in [-0.39, 0.29) is 6.10 Å². The fourth-order valence-electron chi connectivity index (χ4n) is 13.6. The molecular weight excluding hydrogens is 1130 g/mol. The van der Waals surface area contributed by atoms with Gasteiger partial charge < -0.3 is 10.2 Å². The largest absolute Gasteiger partial charge is 0.400 e. The molecule has 0 aromatic rings. The Morgan fingerprint density at radius 2 is 0.532 bits per heavy atom. The van der Waals surface area contributed by atoms with Gasteiger partial charge in [0.05, 0.1) is 13.7 Å². The van der Waals surface area contributed by atoms with E-state index in [1.54, 1.807) is 25.7 Å². The lowest BCUT2D eigenvalue weighted by molar-refractivity contribution is 0.129. The molecule has 2 N–H and O–H groups in total. The van der Waals surface area contributed by atoms with Crippen molar-refractivity contribution in [2.75, 3.05) is 6.23 Å². The average molecular weight is 1280 g/mol. The molecule has 5 aliphatic carbocycles. The van der Waals surface area contributed by atoms with Crippen molar-refractivity contribution in [3.8, 4) is 0 Å². The van der Waals surface area contributed by atoms with E-state index in [0.717, 1.165) is 40.5 Å². The van der Waals surface area contributed by atoms with E-state index in [4.69, 9.17) is 0 Å². The number of aliphatic hydroxyl groups is 2. The van der Waals surface area contributed by atoms with E-state index in [0.29, 0.717) is 6.23 Å². The summed E-state index contributed by atoms with van der Waals surface area (Å²) in [5, 5.41) is 19.1. The van der Waals surface area contributed by atoms with Gasteiger partial charge in [-0.15, -0.1) is 0 Å². The third-order valence-corrected chi connectivity index (χ3v) is 151. The van der Waals surface area contributed by atoms with Crippen LogP contribution in [0.1, 0.15) is 168 Å². The quantitative estimate of drug-likeness (QED) is 0.170. The second-order valence-corrected chi connectivity index (χ2v) is 139. The molecule has 0 saturated heterocycles. The van der Waals surface area contributed by atoms with Crippen LogP contribution in [0.4, 0.5) is 0 Å². The molecule has 5 saturated carbocycles. The van der Waals surface area contributed by atoms with Gasteiger partial charge in [0, 0.05) is 89.7 Å². The van der Waals surface area contributed by atoms with Crippen molar-refractivity contribution in [3.05, 3.63) is 0 Å². The van der Waals surface area contributed by atoms with Crippen LogP contribution in [0.15, 0.2) is 0 Å². The topological polar surface area (TPSA) is 40.5 Å². The minimum absolute atomic E-state index is 0.0117. The Hall–Kier alpha value is 2.52. The van der Waals surface area contributed by atoms with Crippen LogP contribution >= 0.6 is 0 Å². The highest BCUT2D eigenvalue weighted by molar-refractivity contribution is 7.68. The van der Waals surface area contributed by atoms with Gasteiger partial charge in [-0.25, -0.2) is 0 Å². The first kappa shape index (κ1) is 79.5. The molecule has 77 heavy (non-hydrogen) atoms. The van der Waals surface area contributed by atoms with E-state index in [9.17, 15) is 10.2 Å². The van der Waals surface area contributed by atoms with Gasteiger partial charge in [0.1, 0.15) is 0 Å². The molecule has 0 unspecified atom stereocenters. The van der Waals surface area contributed by atoms with Gasteiger partial charge in [0.15, 0.2) is 0 Å². The van der Waals surface area contributed by atoms with Crippen LogP contribution < -0.4 is 0 Å². The number of hydrogen-bond acceptors (Lipinski definition) is 2. The molecule has 0 radical (unpaired) electrons. The predicted molar refractivity (Wildman–Crippen MR) is 397 cm³/mol. The number of rotatable bonds is 14. The van der Waals surface area contributed by atoms with Crippen LogP contribution in [0.5, 0.6) is 0 Å². The van der Waals surface area contributed by atoms with Gasteiger partial charge in [0.25, 0.3) is 0 Å². The molecule has 14 heteroatoms. The van der Waals surface area contributed by atoms with Crippen molar-refractivity contribution in [2.45, 2.75) is 397 Å². The summed E-state index contributed by atoms with van der Waals surface area (Å²) in [5.74, 6) is 0. The highest BCUT2D eigenvalue weighted by Crippen LogP contribution is 2.46. The van der Waals surface area contributed by atoms with E-state index in [1.165, 1.54) is 128 Å². The summed E-state index contributed by atoms with van der Waals surface area (Å²) in [6, 6.07) is 2.97. The van der Waals surface area contributed by atoms with Crippen molar-refractivity contribution >= 4 is 91.1 Å². The van der Waals surface area contributed by atoms with Gasteiger partial charge in [0.2, 0.25) is 0 Å². The molecule has 0 atom stereocenters. The molecule has 0 heterocycles. The highest BCUT2D eigenvalue weighted by Gasteiger charge is 2.54. The molecule has 0 bridgehead atoms. The Kier molecular flexibility index (Phi) is 34.1. The molecule has 0 aromatic carbocycles. The van der Waals surface area contributed by atoms with E-state index in [1.807, 2.05) is 0 Å². The second kappa shape index (κ2) is 33.0. The Bertz CT molecular complexity index is 1570. The first-order valence-corrected chi connectivity index (χ1v) is 78.9. The molecule has 5 fully saturated rings. The van der Waals surface area contributed by atoms with Crippen molar-refractivity contribution < 1.29 is 10.2 Å². The fraction of sp³-hybridized carbons (Fsp3) is 1.00. The monoisotopic (exact) mass is 1280 g/mol. The number of aliphatic hydroxyl groups excluding tert-OH is 2.